The van der Waals surface area contributed by atoms with Gasteiger partial charge < -0.3 is 5.73 Å². The van der Waals surface area contributed by atoms with Crippen LogP contribution in [0, 0.1) is 24.7 Å². The lowest BCUT2D eigenvalue weighted by molar-refractivity contribution is 0.0712. The maximum Gasteiger partial charge on any atom is 0.0339 e. The van der Waals surface area contributed by atoms with Crippen LogP contribution in [-0.2, 0) is 0 Å². The van der Waals surface area contributed by atoms with Crippen molar-refractivity contribution < 1.29 is 0 Å². The van der Waals surface area contributed by atoms with E-state index in [0.29, 0.717) is 6.04 Å². The Hall–Kier alpha value is -0.340. The third-order valence-corrected chi connectivity index (χ3v) is 5.92. The lowest BCUT2D eigenvalue weighted by Crippen LogP contribution is -2.39. The van der Waals surface area contributed by atoms with Crippen molar-refractivity contribution in [2.45, 2.75) is 51.5 Å². The molecule has 0 spiro atoms. The second-order valence-corrected chi connectivity index (χ2v) is 7.04. The largest absolute Gasteiger partial charge is 0.324 e. The molecule has 2 aliphatic carbocycles. The summed E-state index contributed by atoms with van der Waals surface area (Å²) in [5.41, 5.74) is 8.04. The quantitative estimate of drug-likeness (QED) is 0.847. The minimum Gasteiger partial charge on any atom is -0.324 e. The first kappa shape index (κ1) is 11.7. The van der Waals surface area contributed by atoms with Crippen LogP contribution in [0.3, 0.4) is 0 Å². The third-order valence-electron chi connectivity index (χ3n) is 5.06. The summed E-state index contributed by atoms with van der Waals surface area (Å²) < 4.78 is 0. The van der Waals surface area contributed by atoms with Crippen LogP contribution in [0.2, 0.25) is 0 Å². The zero-order valence-corrected chi connectivity index (χ0v) is 11.5. The zero-order valence-electron chi connectivity index (χ0n) is 10.7. The zero-order chi connectivity index (χ0) is 11.8. The van der Waals surface area contributed by atoms with Gasteiger partial charge in [-0.2, -0.15) is 0 Å². The van der Waals surface area contributed by atoms with Gasteiger partial charge in [0.1, 0.15) is 0 Å². The predicted octanol–water partition coefficient (Wildman–Crippen LogP) is 4.27. The summed E-state index contributed by atoms with van der Waals surface area (Å²) in [7, 11) is 0. The highest BCUT2D eigenvalue weighted by molar-refractivity contribution is 7.10. The van der Waals surface area contributed by atoms with Gasteiger partial charge in [-0.15, -0.1) is 11.3 Å². The number of hydrogen-bond donors (Lipinski definition) is 1. The average molecular weight is 249 g/mol. The van der Waals surface area contributed by atoms with Gasteiger partial charge in [-0.05, 0) is 41.7 Å². The molecule has 1 aromatic heterocycles. The van der Waals surface area contributed by atoms with Crippen molar-refractivity contribution in [3.05, 3.63) is 21.9 Å². The molecular formula is C15H23NS. The van der Waals surface area contributed by atoms with E-state index in [1.54, 1.807) is 0 Å². The van der Waals surface area contributed by atoms with Crippen molar-refractivity contribution >= 4 is 11.3 Å². The molecule has 1 aromatic rings. The van der Waals surface area contributed by atoms with Crippen LogP contribution < -0.4 is 5.73 Å². The topological polar surface area (TPSA) is 26.0 Å². The lowest BCUT2D eigenvalue weighted by atomic mass is 9.61. The fourth-order valence-corrected chi connectivity index (χ4v) is 4.33. The molecule has 3 rings (SSSR count). The fraction of sp³-hybridized carbons (Fsp3) is 0.733. The van der Waals surface area contributed by atoms with Gasteiger partial charge in [-0.25, -0.2) is 0 Å². The Kier molecular flexibility index (Phi) is 3.27. The Bertz CT molecular complexity index is 362. The summed E-state index contributed by atoms with van der Waals surface area (Å²) in [4.78, 5) is 1.43. The van der Waals surface area contributed by atoms with Gasteiger partial charge in [-0.3, -0.25) is 0 Å². The maximum atomic E-state index is 6.61. The summed E-state index contributed by atoms with van der Waals surface area (Å²) in [5, 5.41) is 2.20. The van der Waals surface area contributed by atoms with Crippen LogP contribution in [0.4, 0.5) is 0 Å². The molecule has 0 amide bonds. The normalized spacial score (nSPS) is 23.5. The summed E-state index contributed by atoms with van der Waals surface area (Å²) >= 11 is 1.84. The monoisotopic (exact) mass is 249 g/mol. The molecule has 2 saturated carbocycles. The second-order valence-electron chi connectivity index (χ2n) is 5.92. The van der Waals surface area contributed by atoms with Crippen LogP contribution in [0.25, 0.3) is 0 Å². The molecule has 1 atom stereocenters. The van der Waals surface area contributed by atoms with E-state index in [9.17, 15) is 0 Å². The third kappa shape index (κ3) is 2.06. The number of hydrogen-bond acceptors (Lipinski definition) is 2. The van der Waals surface area contributed by atoms with Gasteiger partial charge in [0, 0.05) is 10.9 Å². The fourth-order valence-electron chi connectivity index (χ4n) is 3.57. The molecule has 0 aromatic carbocycles. The first-order chi connectivity index (χ1) is 8.27. The van der Waals surface area contributed by atoms with E-state index in [-0.39, 0.29) is 0 Å². The molecule has 1 nitrogen and oxygen atoms in total. The van der Waals surface area contributed by atoms with E-state index in [1.165, 1.54) is 49.0 Å². The molecule has 0 bridgehead atoms. The smallest absolute Gasteiger partial charge is 0.0339 e. The number of nitrogens with two attached hydrogens (primary N) is 1. The van der Waals surface area contributed by atoms with Crippen molar-refractivity contribution in [1.29, 1.82) is 0 Å². The summed E-state index contributed by atoms with van der Waals surface area (Å²) in [6, 6.07) is 2.56. The summed E-state index contributed by atoms with van der Waals surface area (Å²) in [6.07, 6.45) is 8.58. The van der Waals surface area contributed by atoms with Crippen LogP contribution in [-0.4, -0.2) is 0 Å². The highest BCUT2D eigenvalue weighted by Gasteiger charge is 2.40. The maximum absolute atomic E-state index is 6.61. The highest BCUT2D eigenvalue weighted by atomic mass is 32.1. The van der Waals surface area contributed by atoms with Crippen molar-refractivity contribution in [3.63, 3.8) is 0 Å². The van der Waals surface area contributed by atoms with Gasteiger partial charge >= 0.3 is 0 Å². The molecular weight excluding hydrogens is 226 g/mol. The van der Waals surface area contributed by atoms with Crippen molar-refractivity contribution in [1.82, 2.24) is 0 Å². The predicted molar refractivity (Wildman–Crippen MR) is 74.2 cm³/mol. The Labute approximate surface area is 108 Å². The molecule has 94 valence electrons. The lowest BCUT2D eigenvalue weighted by Gasteiger charge is -2.45. The van der Waals surface area contributed by atoms with E-state index >= 15 is 0 Å². The average Bonchev–Trinajstić information content (AvgIpc) is 2.57. The summed E-state index contributed by atoms with van der Waals surface area (Å²) in [6.45, 7) is 2.22. The van der Waals surface area contributed by atoms with Crippen molar-refractivity contribution in [2.75, 3.05) is 0 Å². The minimum atomic E-state index is 0.303. The minimum absolute atomic E-state index is 0.303. The van der Waals surface area contributed by atoms with Crippen molar-refractivity contribution in [2.24, 2.45) is 23.5 Å². The molecule has 1 unspecified atom stereocenters. The number of thiophene rings is 1. The van der Waals surface area contributed by atoms with E-state index in [0.717, 1.165) is 17.8 Å². The van der Waals surface area contributed by atoms with Crippen LogP contribution >= 0.6 is 11.3 Å². The number of rotatable bonds is 4. The van der Waals surface area contributed by atoms with Gasteiger partial charge in [0.05, 0.1) is 0 Å². The standard InChI is InChI=1S/C15H23NS/c1-10-13(8-9-17-10)15(16)14(11-4-2-5-11)12-6-3-7-12/h8-9,11-12,14-15H,2-7,16H2,1H3. The van der Waals surface area contributed by atoms with Crippen LogP contribution in [0.5, 0.6) is 0 Å². The first-order valence-electron chi connectivity index (χ1n) is 7.07. The van der Waals surface area contributed by atoms with Gasteiger partial charge in [0.25, 0.3) is 0 Å². The second kappa shape index (κ2) is 4.74. The van der Waals surface area contributed by atoms with Gasteiger partial charge in [-0.1, -0.05) is 38.5 Å². The SMILES string of the molecule is Cc1sccc1C(N)C(C1CCC1)C1CCC1. The van der Waals surface area contributed by atoms with E-state index < -0.39 is 0 Å². The Morgan fingerprint density at radius 1 is 1.18 bits per heavy atom. The molecule has 1 heterocycles. The number of aryl methyl sites for hydroxylation is 1. The van der Waals surface area contributed by atoms with Crippen LogP contribution in [0.15, 0.2) is 11.4 Å². The molecule has 2 heteroatoms. The molecule has 0 aliphatic heterocycles. The molecule has 2 aliphatic rings. The van der Waals surface area contributed by atoms with Gasteiger partial charge in [0.2, 0.25) is 0 Å². The van der Waals surface area contributed by atoms with E-state index in [4.69, 9.17) is 5.73 Å². The van der Waals surface area contributed by atoms with Crippen LogP contribution in [0.1, 0.15) is 55.0 Å². The summed E-state index contributed by atoms with van der Waals surface area (Å²) in [5.74, 6) is 2.62. The molecule has 2 fully saturated rings. The van der Waals surface area contributed by atoms with E-state index in [2.05, 4.69) is 18.4 Å². The molecule has 17 heavy (non-hydrogen) atoms. The first-order valence-corrected chi connectivity index (χ1v) is 7.95. The van der Waals surface area contributed by atoms with Gasteiger partial charge in [0.15, 0.2) is 0 Å². The Balaban J connectivity index is 1.79. The molecule has 0 radical (unpaired) electrons. The van der Waals surface area contributed by atoms with Crippen molar-refractivity contribution in [3.8, 4) is 0 Å². The van der Waals surface area contributed by atoms with E-state index in [1.807, 2.05) is 11.3 Å². The Morgan fingerprint density at radius 3 is 2.12 bits per heavy atom. The molecule has 0 saturated heterocycles. The Morgan fingerprint density at radius 2 is 1.76 bits per heavy atom. The molecule has 2 N–H and O–H groups in total. The highest BCUT2D eigenvalue weighted by Crippen LogP contribution is 2.49.